The molecule has 0 unspecified atom stereocenters. The maximum Gasteiger partial charge on any atom is 0.263 e. The minimum atomic E-state index is -0.318. The molecule has 2 rings (SSSR count). The summed E-state index contributed by atoms with van der Waals surface area (Å²) >= 11 is 0. The lowest BCUT2D eigenvalue weighted by atomic mass is 10.3. The van der Waals surface area contributed by atoms with E-state index in [0.717, 1.165) is 0 Å². The van der Waals surface area contributed by atoms with E-state index in [0.29, 0.717) is 17.3 Å². The van der Waals surface area contributed by atoms with E-state index in [9.17, 15) is 9.59 Å². The summed E-state index contributed by atoms with van der Waals surface area (Å²) in [6.45, 7) is -0.155. The molecule has 0 fully saturated rings. The monoisotopic (exact) mass is 222 g/mol. The van der Waals surface area contributed by atoms with Crippen molar-refractivity contribution in [2.75, 3.05) is 23.8 Å². The number of ether oxygens (including phenoxy) is 1. The van der Waals surface area contributed by atoms with Crippen LogP contribution < -0.4 is 21.1 Å². The molecule has 1 aliphatic rings. The fourth-order valence-electron chi connectivity index (χ4n) is 1.24. The van der Waals surface area contributed by atoms with Crippen molar-refractivity contribution in [3.05, 3.63) is 12.3 Å². The highest BCUT2D eigenvalue weighted by molar-refractivity contribution is 5.95. The number of nitrogens with zero attached hydrogens (tertiary/aromatic N) is 1. The van der Waals surface area contributed by atoms with Crippen molar-refractivity contribution >= 4 is 23.3 Å². The van der Waals surface area contributed by atoms with Crippen molar-refractivity contribution in [1.82, 2.24) is 4.98 Å². The molecular formula is C9H10N4O3. The van der Waals surface area contributed by atoms with Crippen LogP contribution in [-0.2, 0) is 9.59 Å². The molecule has 16 heavy (non-hydrogen) atoms. The molecule has 0 atom stereocenters. The van der Waals surface area contributed by atoms with E-state index in [-0.39, 0.29) is 25.0 Å². The number of anilines is 2. The lowest BCUT2D eigenvalue weighted by Gasteiger charge is -2.17. The van der Waals surface area contributed by atoms with Gasteiger partial charge in [0.25, 0.3) is 5.91 Å². The minimum absolute atomic E-state index is 0.0526. The van der Waals surface area contributed by atoms with Gasteiger partial charge in [0.15, 0.2) is 18.2 Å². The number of aromatic nitrogens is 1. The van der Waals surface area contributed by atoms with E-state index in [1.165, 1.54) is 6.20 Å². The first-order valence-electron chi connectivity index (χ1n) is 4.61. The van der Waals surface area contributed by atoms with Crippen LogP contribution in [0.15, 0.2) is 12.3 Å². The second-order valence-corrected chi connectivity index (χ2v) is 3.16. The predicted molar refractivity (Wildman–Crippen MR) is 56.0 cm³/mol. The summed E-state index contributed by atoms with van der Waals surface area (Å²) in [5.41, 5.74) is 5.63. The van der Waals surface area contributed by atoms with E-state index >= 15 is 0 Å². The number of hydrogen-bond acceptors (Lipinski definition) is 5. The van der Waals surface area contributed by atoms with Crippen molar-refractivity contribution in [2.24, 2.45) is 5.73 Å². The van der Waals surface area contributed by atoms with E-state index in [4.69, 9.17) is 10.5 Å². The first-order valence-corrected chi connectivity index (χ1v) is 4.61. The van der Waals surface area contributed by atoms with Gasteiger partial charge in [-0.2, -0.15) is 0 Å². The van der Waals surface area contributed by atoms with Gasteiger partial charge in [0.1, 0.15) is 0 Å². The smallest absolute Gasteiger partial charge is 0.263 e. The fourth-order valence-corrected chi connectivity index (χ4v) is 1.24. The summed E-state index contributed by atoms with van der Waals surface area (Å²) in [6, 6.07) is 1.58. The summed E-state index contributed by atoms with van der Waals surface area (Å²) in [5.74, 6) is 0.205. The summed E-state index contributed by atoms with van der Waals surface area (Å²) in [6.07, 6.45) is 1.42. The lowest BCUT2D eigenvalue weighted by Crippen LogP contribution is -2.26. The van der Waals surface area contributed by atoms with Crippen LogP contribution in [0.1, 0.15) is 0 Å². The summed E-state index contributed by atoms with van der Waals surface area (Å²) in [5, 5.41) is 5.08. The zero-order chi connectivity index (χ0) is 11.5. The van der Waals surface area contributed by atoms with Gasteiger partial charge in [0, 0.05) is 6.07 Å². The Morgan fingerprint density at radius 3 is 3.25 bits per heavy atom. The molecule has 0 aromatic carbocycles. The number of fused-ring (bicyclic) bond motifs is 1. The third-order valence-corrected chi connectivity index (χ3v) is 1.94. The highest BCUT2D eigenvalue weighted by Crippen LogP contribution is 2.27. The normalized spacial score (nSPS) is 13.4. The minimum Gasteiger partial charge on any atom is -0.480 e. The Morgan fingerprint density at radius 2 is 2.50 bits per heavy atom. The standard InChI is InChI=1S/C9H10N4O3/c10-2-7(14)12-5-1-6-9(11-3-5)13-8(15)4-16-6/h1,3H,2,4,10H2,(H,12,14)(H,11,13,15). The molecule has 0 saturated carbocycles. The third-order valence-electron chi connectivity index (χ3n) is 1.94. The Kier molecular flexibility index (Phi) is 2.69. The molecule has 1 aromatic rings. The summed E-state index contributed by atoms with van der Waals surface area (Å²) < 4.78 is 5.13. The number of pyridine rings is 1. The molecule has 2 amide bonds. The van der Waals surface area contributed by atoms with Gasteiger partial charge in [-0.15, -0.1) is 0 Å². The summed E-state index contributed by atoms with van der Waals surface area (Å²) in [4.78, 5) is 25.9. The predicted octanol–water partition coefficient (Wildman–Crippen LogP) is -0.690. The van der Waals surface area contributed by atoms with E-state index in [1.54, 1.807) is 6.07 Å². The molecule has 7 heteroatoms. The second-order valence-electron chi connectivity index (χ2n) is 3.16. The molecule has 0 radical (unpaired) electrons. The topological polar surface area (TPSA) is 106 Å². The van der Waals surface area contributed by atoms with Gasteiger partial charge in [-0.1, -0.05) is 0 Å². The van der Waals surface area contributed by atoms with Crippen molar-refractivity contribution in [3.63, 3.8) is 0 Å². The van der Waals surface area contributed by atoms with Crippen LogP contribution >= 0.6 is 0 Å². The SMILES string of the molecule is NCC(=O)Nc1cnc2c(c1)OCC(=O)N2. The molecule has 0 bridgehead atoms. The zero-order valence-electron chi connectivity index (χ0n) is 8.32. The first kappa shape index (κ1) is 10.4. The molecule has 1 aliphatic heterocycles. The first-order chi connectivity index (χ1) is 7.69. The molecule has 4 N–H and O–H groups in total. The Morgan fingerprint density at radius 1 is 1.69 bits per heavy atom. The quantitative estimate of drug-likeness (QED) is 0.614. The molecule has 1 aromatic heterocycles. The van der Waals surface area contributed by atoms with E-state index in [2.05, 4.69) is 15.6 Å². The Balaban J connectivity index is 2.19. The fraction of sp³-hybridized carbons (Fsp3) is 0.222. The maximum atomic E-state index is 11.0. The maximum absolute atomic E-state index is 11.0. The molecule has 0 aliphatic carbocycles. The van der Waals surface area contributed by atoms with Gasteiger partial charge in [-0.05, 0) is 0 Å². The van der Waals surface area contributed by atoms with E-state index in [1.807, 2.05) is 0 Å². The number of amides is 2. The van der Waals surface area contributed by atoms with Crippen LogP contribution in [0.4, 0.5) is 11.5 Å². The zero-order valence-corrected chi connectivity index (χ0v) is 8.32. The van der Waals surface area contributed by atoms with Crippen LogP contribution in [0, 0.1) is 0 Å². The Hall–Kier alpha value is -2.15. The van der Waals surface area contributed by atoms with Crippen LogP contribution in [0.2, 0.25) is 0 Å². The van der Waals surface area contributed by atoms with Crippen molar-refractivity contribution in [1.29, 1.82) is 0 Å². The van der Waals surface area contributed by atoms with Gasteiger partial charge in [-0.25, -0.2) is 4.98 Å². The van der Waals surface area contributed by atoms with Crippen LogP contribution in [0.25, 0.3) is 0 Å². The van der Waals surface area contributed by atoms with Crippen LogP contribution in [-0.4, -0.2) is 29.9 Å². The Labute approximate surface area is 91.0 Å². The van der Waals surface area contributed by atoms with Gasteiger partial charge >= 0.3 is 0 Å². The van der Waals surface area contributed by atoms with Crippen molar-refractivity contribution in [2.45, 2.75) is 0 Å². The van der Waals surface area contributed by atoms with Crippen LogP contribution in [0.3, 0.4) is 0 Å². The number of carbonyl (C=O) groups excluding carboxylic acids is 2. The highest BCUT2D eigenvalue weighted by atomic mass is 16.5. The van der Waals surface area contributed by atoms with Gasteiger partial charge in [0.2, 0.25) is 5.91 Å². The third kappa shape index (κ3) is 2.09. The second kappa shape index (κ2) is 4.15. The van der Waals surface area contributed by atoms with E-state index < -0.39 is 0 Å². The largest absolute Gasteiger partial charge is 0.480 e. The number of carbonyl (C=O) groups is 2. The Bertz CT molecular complexity index is 446. The average Bonchev–Trinajstić information content (AvgIpc) is 2.29. The number of nitrogens with two attached hydrogens (primary N) is 1. The van der Waals surface area contributed by atoms with Gasteiger partial charge in [0.05, 0.1) is 18.4 Å². The number of hydrogen-bond donors (Lipinski definition) is 3. The molecule has 84 valence electrons. The molecule has 2 heterocycles. The van der Waals surface area contributed by atoms with Gasteiger partial charge < -0.3 is 21.1 Å². The van der Waals surface area contributed by atoms with Gasteiger partial charge in [-0.3, -0.25) is 9.59 Å². The lowest BCUT2D eigenvalue weighted by molar-refractivity contribution is -0.118. The summed E-state index contributed by atoms with van der Waals surface area (Å²) in [7, 11) is 0. The van der Waals surface area contributed by atoms with Crippen LogP contribution in [0.5, 0.6) is 5.75 Å². The number of nitrogens with one attached hydrogen (secondary N) is 2. The van der Waals surface area contributed by atoms with Crippen molar-refractivity contribution < 1.29 is 14.3 Å². The molecule has 0 spiro atoms. The molecule has 0 saturated heterocycles. The average molecular weight is 222 g/mol. The number of rotatable bonds is 2. The molecule has 7 nitrogen and oxygen atoms in total. The highest BCUT2D eigenvalue weighted by Gasteiger charge is 2.17. The van der Waals surface area contributed by atoms with Crippen molar-refractivity contribution in [3.8, 4) is 5.75 Å². The molecular weight excluding hydrogens is 212 g/mol.